The van der Waals surface area contributed by atoms with Gasteiger partial charge in [0.25, 0.3) is 0 Å². The lowest BCUT2D eigenvalue weighted by molar-refractivity contribution is -0.139. The standard InChI is InChI=1S/C9H17NO2/c1-5-8(10(3)4)7-12-9(11)6-2/h6,8H,2,5,7H2,1,3-4H3. The molecule has 0 fully saturated rings. The first kappa shape index (κ1) is 11.2. The zero-order valence-electron chi connectivity index (χ0n) is 8.04. The first-order valence-corrected chi connectivity index (χ1v) is 4.07. The highest BCUT2D eigenvalue weighted by molar-refractivity contribution is 5.81. The van der Waals surface area contributed by atoms with Gasteiger partial charge in [-0.1, -0.05) is 13.5 Å². The molecule has 0 aromatic heterocycles. The van der Waals surface area contributed by atoms with Crippen LogP contribution in [-0.4, -0.2) is 37.6 Å². The van der Waals surface area contributed by atoms with Gasteiger partial charge >= 0.3 is 5.97 Å². The Morgan fingerprint density at radius 3 is 2.58 bits per heavy atom. The van der Waals surface area contributed by atoms with Crippen LogP contribution in [0.25, 0.3) is 0 Å². The molecule has 0 aliphatic rings. The van der Waals surface area contributed by atoms with E-state index < -0.39 is 0 Å². The highest BCUT2D eigenvalue weighted by Gasteiger charge is 2.09. The van der Waals surface area contributed by atoms with E-state index in [9.17, 15) is 4.79 Å². The van der Waals surface area contributed by atoms with Crippen LogP contribution in [0.15, 0.2) is 12.7 Å². The van der Waals surface area contributed by atoms with Crippen molar-refractivity contribution in [2.75, 3.05) is 20.7 Å². The zero-order valence-corrected chi connectivity index (χ0v) is 8.04. The molecule has 12 heavy (non-hydrogen) atoms. The van der Waals surface area contributed by atoms with Gasteiger partial charge in [-0.3, -0.25) is 0 Å². The quantitative estimate of drug-likeness (QED) is 0.457. The Bertz CT molecular complexity index is 155. The van der Waals surface area contributed by atoms with E-state index in [-0.39, 0.29) is 5.97 Å². The summed E-state index contributed by atoms with van der Waals surface area (Å²) in [6.07, 6.45) is 2.15. The fraction of sp³-hybridized carbons (Fsp3) is 0.667. The molecule has 0 aliphatic carbocycles. The summed E-state index contributed by atoms with van der Waals surface area (Å²) in [7, 11) is 3.94. The number of nitrogens with zero attached hydrogens (tertiary/aromatic N) is 1. The Kier molecular flexibility index (Phi) is 5.37. The summed E-state index contributed by atoms with van der Waals surface area (Å²) in [5.74, 6) is -0.352. The summed E-state index contributed by atoms with van der Waals surface area (Å²) in [4.78, 5) is 12.7. The second kappa shape index (κ2) is 5.77. The van der Waals surface area contributed by atoms with Crippen molar-refractivity contribution in [2.45, 2.75) is 19.4 Å². The van der Waals surface area contributed by atoms with Crippen LogP contribution in [0.3, 0.4) is 0 Å². The molecule has 3 nitrogen and oxygen atoms in total. The minimum atomic E-state index is -0.352. The second-order valence-electron chi connectivity index (χ2n) is 2.86. The Morgan fingerprint density at radius 2 is 2.25 bits per heavy atom. The van der Waals surface area contributed by atoms with E-state index in [2.05, 4.69) is 13.5 Å². The molecule has 0 rings (SSSR count). The maximum atomic E-state index is 10.7. The lowest BCUT2D eigenvalue weighted by Gasteiger charge is -2.21. The number of hydrogen-bond acceptors (Lipinski definition) is 3. The highest BCUT2D eigenvalue weighted by atomic mass is 16.5. The number of ether oxygens (including phenoxy) is 1. The molecule has 1 unspecified atom stereocenters. The minimum Gasteiger partial charge on any atom is -0.461 e. The Morgan fingerprint density at radius 1 is 1.67 bits per heavy atom. The average molecular weight is 171 g/mol. The Balaban J connectivity index is 3.72. The van der Waals surface area contributed by atoms with E-state index in [1.807, 2.05) is 19.0 Å². The molecule has 0 spiro atoms. The van der Waals surface area contributed by atoms with E-state index in [4.69, 9.17) is 4.74 Å². The Labute approximate surface area is 74.0 Å². The number of carbonyl (C=O) groups is 1. The third-order valence-corrected chi connectivity index (χ3v) is 1.79. The molecule has 0 aliphatic heterocycles. The fourth-order valence-electron chi connectivity index (χ4n) is 0.869. The van der Waals surface area contributed by atoms with Crippen LogP contribution in [0, 0.1) is 0 Å². The maximum Gasteiger partial charge on any atom is 0.330 e. The summed E-state index contributed by atoms with van der Waals surface area (Å²) in [5.41, 5.74) is 0. The number of rotatable bonds is 5. The van der Waals surface area contributed by atoms with Gasteiger partial charge in [0, 0.05) is 12.1 Å². The monoisotopic (exact) mass is 171 g/mol. The molecule has 0 heterocycles. The van der Waals surface area contributed by atoms with Crippen molar-refractivity contribution in [3.8, 4) is 0 Å². The van der Waals surface area contributed by atoms with E-state index in [0.717, 1.165) is 6.42 Å². The zero-order chi connectivity index (χ0) is 9.56. The third kappa shape index (κ3) is 4.13. The first-order chi connectivity index (χ1) is 5.61. The average Bonchev–Trinajstić information content (AvgIpc) is 2.04. The maximum absolute atomic E-state index is 10.7. The van der Waals surface area contributed by atoms with Crippen LogP contribution >= 0.6 is 0 Å². The van der Waals surface area contributed by atoms with Gasteiger partial charge in [0.1, 0.15) is 6.61 Å². The van der Waals surface area contributed by atoms with Crippen molar-refractivity contribution in [3.63, 3.8) is 0 Å². The van der Waals surface area contributed by atoms with Crippen LogP contribution in [0.5, 0.6) is 0 Å². The van der Waals surface area contributed by atoms with Crippen molar-refractivity contribution in [2.24, 2.45) is 0 Å². The van der Waals surface area contributed by atoms with Crippen molar-refractivity contribution in [3.05, 3.63) is 12.7 Å². The topological polar surface area (TPSA) is 29.5 Å². The van der Waals surface area contributed by atoms with Gasteiger partial charge in [-0.15, -0.1) is 0 Å². The SMILES string of the molecule is C=CC(=O)OCC(CC)N(C)C. The van der Waals surface area contributed by atoms with Crippen molar-refractivity contribution in [1.29, 1.82) is 0 Å². The predicted molar refractivity (Wildman–Crippen MR) is 48.9 cm³/mol. The predicted octanol–water partition coefficient (Wildman–Crippen LogP) is 1.06. The Hall–Kier alpha value is -0.830. The molecule has 1 atom stereocenters. The summed E-state index contributed by atoms with van der Waals surface area (Å²) < 4.78 is 4.91. The van der Waals surface area contributed by atoms with E-state index >= 15 is 0 Å². The highest BCUT2D eigenvalue weighted by Crippen LogP contribution is 1.99. The van der Waals surface area contributed by atoms with Gasteiger partial charge in [-0.2, -0.15) is 0 Å². The van der Waals surface area contributed by atoms with Gasteiger partial charge in [0.05, 0.1) is 0 Å². The van der Waals surface area contributed by atoms with Crippen LogP contribution in [0.4, 0.5) is 0 Å². The molecule has 0 saturated carbocycles. The fourth-order valence-corrected chi connectivity index (χ4v) is 0.869. The molecule has 0 N–H and O–H groups in total. The molecule has 0 aromatic carbocycles. The lowest BCUT2D eigenvalue weighted by Crippen LogP contribution is -2.32. The number of carbonyl (C=O) groups excluding carboxylic acids is 1. The smallest absolute Gasteiger partial charge is 0.330 e. The largest absolute Gasteiger partial charge is 0.461 e. The van der Waals surface area contributed by atoms with Crippen LogP contribution in [0.1, 0.15) is 13.3 Å². The van der Waals surface area contributed by atoms with Crippen molar-refractivity contribution >= 4 is 5.97 Å². The van der Waals surface area contributed by atoms with Crippen LogP contribution < -0.4 is 0 Å². The number of hydrogen-bond donors (Lipinski definition) is 0. The normalized spacial score (nSPS) is 12.7. The molecule has 70 valence electrons. The van der Waals surface area contributed by atoms with Gasteiger partial charge < -0.3 is 9.64 Å². The molecular formula is C9H17NO2. The minimum absolute atomic E-state index is 0.300. The van der Waals surface area contributed by atoms with Crippen molar-refractivity contribution < 1.29 is 9.53 Å². The van der Waals surface area contributed by atoms with E-state index in [0.29, 0.717) is 12.6 Å². The molecule has 0 radical (unpaired) electrons. The van der Waals surface area contributed by atoms with E-state index in [1.165, 1.54) is 6.08 Å². The molecular weight excluding hydrogens is 154 g/mol. The lowest BCUT2D eigenvalue weighted by atomic mass is 10.2. The van der Waals surface area contributed by atoms with E-state index in [1.54, 1.807) is 0 Å². The summed E-state index contributed by atoms with van der Waals surface area (Å²) in [6.45, 7) is 5.82. The molecule has 0 amide bonds. The summed E-state index contributed by atoms with van der Waals surface area (Å²) in [5, 5.41) is 0. The van der Waals surface area contributed by atoms with Crippen LogP contribution in [-0.2, 0) is 9.53 Å². The summed E-state index contributed by atoms with van der Waals surface area (Å²) in [6, 6.07) is 0.300. The van der Waals surface area contributed by atoms with Gasteiger partial charge in [-0.05, 0) is 20.5 Å². The van der Waals surface area contributed by atoms with Crippen molar-refractivity contribution in [1.82, 2.24) is 4.90 Å². The molecule has 0 aromatic rings. The van der Waals surface area contributed by atoms with Crippen LogP contribution in [0.2, 0.25) is 0 Å². The second-order valence-corrected chi connectivity index (χ2v) is 2.86. The first-order valence-electron chi connectivity index (χ1n) is 4.07. The van der Waals surface area contributed by atoms with Gasteiger partial charge in [0.15, 0.2) is 0 Å². The number of likely N-dealkylation sites (N-methyl/N-ethyl adjacent to an activating group) is 1. The van der Waals surface area contributed by atoms with Gasteiger partial charge in [-0.25, -0.2) is 4.79 Å². The number of esters is 1. The molecule has 0 saturated heterocycles. The third-order valence-electron chi connectivity index (χ3n) is 1.79. The summed E-state index contributed by atoms with van der Waals surface area (Å²) >= 11 is 0. The van der Waals surface area contributed by atoms with Gasteiger partial charge in [0.2, 0.25) is 0 Å². The molecule has 3 heteroatoms. The molecule has 0 bridgehead atoms.